The summed E-state index contributed by atoms with van der Waals surface area (Å²) in [6.45, 7) is 4.08. The van der Waals surface area contributed by atoms with Gasteiger partial charge < -0.3 is 34.5 Å². The number of nitro benzene ring substituents is 1. The number of rotatable bonds is 13. The number of nitrogens with one attached hydrogen (secondary N) is 3. The van der Waals surface area contributed by atoms with Gasteiger partial charge in [0.25, 0.3) is 5.69 Å². The molecule has 0 bridgehead atoms. The maximum Gasteiger partial charge on any atom is 0.337 e. The number of allylic oxidation sites excluding steroid dienone is 1. The molecule has 2 atom stereocenters. The van der Waals surface area contributed by atoms with Gasteiger partial charge in [0.05, 0.1) is 36.5 Å². The Balaban J connectivity index is 1.25. The average Bonchev–Trinajstić information content (AvgIpc) is 3.40. The number of nitro groups is 1. The molecule has 47 heavy (non-hydrogen) atoms. The highest BCUT2D eigenvalue weighted by Crippen LogP contribution is 2.35. The number of para-hydroxylation sites is 1. The largest absolute Gasteiger partial charge is 0.490 e. The van der Waals surface area contributed by atoms with Crippen molar-refractivity contribution >= 4 is 34.8 Å². The molecular weight excluding hydrogens is 608 g/mol. The first-order chi connectivity index (χ1) is 22.7. The van der Waals surface area contributed by atoms with E-state index in [4.69, 9.17) is 14.2 Å². The lowest BCUT2D eigenvalue weighted by molar-refractivity contribution is -0.384. The van der Waals surface area contributed by atoms with E-state index in [1.165, 1.54) is 19.2 Å². The number of urea groups is 1. The number of non-ortho nitro benzene ring substituents is 1. The normalized spacial score (nSPS) is 15.2. The molecule has 2 amide bonds. The van der Waals surface area contributed by atoms with E-state index in [0.717, 1.165) is 22.0 Å². The van der Waals surface area contributed by atoms with Crippen LogP contribution in [0.5, 0.6) is 11.5 Å². The number of esters is 1. The van der Waals surface area contributed by atoms with Gasteiger partial charge in [-0.25, -0.2) is 9.59 Å². The molecule has 244 valence electrons. The van der Waals surface area contributed by atoms with Crippen molar-refractivity contribution in [3.63, 3.8) is 0 Å². The number of ether oxygens (including phenoxy) is 3. The molecule has 3 aromatic carbocycles. The molecule has 1 aliphatic rings. The third-order valence-electron chi connectivity index (χ3n) is 7.42. The van der Waals surface area contributed by atoms with Crippen molar-refractivity contribution in [1.29, 1.82) is 0 Å². The number of hydrogen-bond donors (Lipinski definition) is 4. The van der Waals surface area contributed by atoms with Crippen molar-refractivity contribution in [2.75, 3.05) is 20.3 Å². The molecule has 1 aliphatic heterocycles. The zero-order valence-electron chi connectivity index (χ0n) is 25.9. The minimum atomic E-state index is -1.17. The third kappa shape index (κ3) is 7.50. The molecule has 0 fully saturated rings. The third-order valence-corrected chi connectivity index (χ3v) is 7.42. The molecule has 4 aromatic rings. The molecule has 0 saturated heterocycles. The van der Waals surface area contributed by atoms with Crippen LogP contribution in [0.15, 0.2) is 89.3 Å². The fraction of sp³-hybridized carbons (Fsp3) is 0.242. The Morgan fingerprint density at radius 1 is 1.15 bits per heavy atom. The number of methoxy groups -OCH3 is 1. The van der Waals surface area contributed by atoms with Gasteiger partial charge in [-0.3, -0.25) is 15.5 Å². The fourth-order valence-corrected chi connectivity index (χ4v) is 5.24. The highest BCUT2D eigenvalue weighted by molar-refractivity contribution is 5.99. The Kier molecular flexibility index (Phi) is 10.0. The first-order valence-corrected chi connectivity index (χ1v) is 14.7. The van der Waals surface area contributed by atoms with Gasteiger partial charge in [-0.15, -0.1) is 0 Å². The Hall–Kier alpha value is -5.89. The molecular formula is C33H34N6O8. The summed E-state index contributed by atoms with van der Waals surface area (Å²) in [6.07, 6.45) is 2.34. The lowest BCUT2D eigenvalue weighted by atomic mass is 9.95. The van der Waals surface area contributed by atoms with E-state index in [1.807, 2.05) is 35.0 Å². The van der Waals surface area contributed by atoms with Crippen molar-refractivity contribution in [2.24, 2.45) is 5.10 Å². The monoisotopic (exact) mass is 642 g/mol. The number of nitrogens with zero attached hydrogens (tertiary/aromatic N) is 3. The number of benzene rings is 3. The summed E-state index contributed by atoms with van der Waals surface area (Å²) in [4.78, 5) is 35.2. The van der Waals surface area contributed by atoms with Gasteiger partial charge in [0.15, 0.2) is 17.7 Å². The zero-order chi connectivity index (χ0) is 33.5. The maximum atomic E-state index is 12.5. The van der Waals surface area contributed by atoms with Gasteiger partial charge in [0, 0.05) is 47.0 Å². The van der Waals surface area contributed by atoms with Crippen LogP contribution in [0.25, 0.3) is 10.9 Å². The first-order valence-electron chi connectivity index (χ1n) is 14.7. The second-order valence-corrected chi connectivity index (χ2v) is 10.6. The van der Waals surface area contributed by atoms with E-state index >= 15 is 0 Å². The molecule has 0 spiro atoms. The number of aromatic nitrogens is 1. The number of aliphatic hydroxyl groups excluding tert-OH is 1. The number of carbonyl (C=O) groups is 2. The predicted octanol–water partition coefficient (Wildman–Crippen LogP) is 4.12. The zero-order valence-corrected chi connectivity index (χ0v) is 25.9. The SMILES string of the molecule is CCOc1cc([C@@H]2NC(=O)NC(C)=C2C(=O)OC)ccc1OC[C@H](O)N/N=C/c1cn(Cc2ccc([N+](=O)[O-])cc2)c2ccccc12. The van der Waals surface area contributed by atoms with Crippen LogP contribution in [0.3, 0.4) is 0 Å². The number of fused-ring (bicyclic) bond motifs is 1. The van der Waals surface area contributed by atoms with Gasteiger partial charge in [-0.2, -0.15) is 5.10 Å². The molecule has 14 nitrogen and oxygen atoms in total. The number of aliphatic hydroxyl groups is 1. The lowest BCUT2D eigenvalue weighted by Gasteiger charge is -2.28. The second-order valence-electron chi connectivity index (χ2n) is 10.6. The molecule has 0 saturated carbocycles. The summed E-state index contributed by atoms with van der Waals surface area (Å²) in [7, 11) is 1.27. The van der Waals surface area contributed by atoms with Crippen molar-refractivity contribution in [1.82, 2.24) is 20.6 Å². The summed E-state index contributed by atoms with van der Waals surface area (Å²) >= 11 is 0. The van der Waals surface area contributed by atoms with Gasteiger partial charge in [0.2, 0.25) is 0 Å². The number of hydrogen-bond acceptors (Lipinski definition) is 10. The average molecular weight is 643 g/mol. The number of hydrazone groups is 1. The molecule has 5 rings (SSSR count). The highest BCUT2D eigenvalue weighted by atomic mass is 16.6. The Labute approximate surface area is 269 Å². The minimum absolute atomic E-state index is 0.0348. The van der Waals surface area contributed by atoms with E-state index in [2.05, 4.69) is 21.2 Å². The van der Waals surface area contributed by atoms with E-state index in [0.29, 0.717) is 35.9 Å². The molecule has 4 N–H and O–H groups in total. The fourth-order valence-electron chi connectivity index (χ4n) is 5.24. The molecule has 1 aromatic heterocycles. The molecule has 0 unspecified atom stereocenters. The van der Waals surface area contributed by atoms with Crippen LogP contribution in [-0.2, 0) is 16.1 Å². The van der Waals surface area contributed by atoms with Crippen LogP contribution >= 0.6 is 0 Å². The molecule has 0 radical (unpaired) electrons. The van der Waals surface area contributed by atoms with Crippen LogP contribution in [-0.4, -0.2) is 59.4 Å². The Morgan fingerprint density at radius 2 is 1.91 bits per heavy atom. The van der Waals surface area contributed by atoms with Crippen LogP contribution in [0.2, 0.25) is 0 Å². The molecule has 14 heteroatoms. The Morgan fingerprint density at radius 3 is 2.64 bits per heavy atom. The van der Waals surface area contributed by atoms with Crippen LogP contribution in [0.1, 0.15) is 36.6 Å². The van der Waals surface area contributed by atoms with Gasteiger partial charge in [0.1, 0.15) is 6.61 Å². The lowest BCUT2D eigenvalue weighted by Crippen LogP contribution is -2.45. The van der Waals surface area contributed by atoms with E-state index in [9.17, 15) is 24.8 Å². The van der Waals surface area contributed by atoms with Crippen molar-refractivity contribution in [2.45, 2.75) is 32.7 Å². The quantitative estimate of drug-likeness (QED) is 0.0549. The number of carbonyl (C=O) groups excluding carboxylic acids is 2. The summed E-state index contributed by atoms with van der Waals surface area (Å²) in [6, 6.07) is 18.0. The van der Waals surface area contributed by atoms with Crippen molar-refractivity contribution in [3.05, 3.63) is 111 Å². The van der Waals surface area contributed by atoms with Crippen LogP contribution < -0.4 is 25.5 Å². The molecule has 2 heterocycles. The first kappa shape index (κ1) is 32.5. The van der Waals surface area contributed by atoms with E-state index in [-0.39, 0.29) is 17.9 Å². The second kappa shape index (κ2) is 14.5. The van der Waals surface area contributed by atoms with Crippen LogP contribution in [0, 0.1) is 10.1 Å². The topological polar surface area (TPSA) is 179 Å². The molecule has 0 aliphatic carbocycles. The summed E-state index contributed by atoms with van der Waals surface area (Å²) in [5.74, 6) is 0.119. The summed E-state index contributed by atoms with van der Waals surface area (Å²) < 4.78 is 18.6. The van der Waals surface area contributed by atoms with Crippen LogP contribution in [0.4, 0.5) is 10.5 Å². The van der Waals surface area contributed by atoms with Crippen molar-refractivity contribution < 1.29 is 33.8 Å². The van der Waals surface area contributed by atoms with Gasteiger partial charge >= 0.3 is 12.0 Å². The van der Waals surface area contributed by atoms with Gasteiger partial charge in [-0.1, -0.05) is 36.4 Å². The summed E-state index contributed by atoms with van der Waals surface area (Å²) in [5.41, 5.74) is 6.58. The maximum absolute atomic E-state index is 12.5. The predicted molar refractivity (Wildman–Crippen MR) is 173 cm³/mol. The minimum Gasteiger partial charge on any atom is -0.490 e. The summed E-state index contributed by atoms with van der Waals surface area (Å²) in [5, 5.41) is 32.0. The van der Waals surface area contributed by atoms with Crippen molar-refractivity contribution in [3.8, 4) is 11.5 Å². The van der Waals surface area contributed by atoms with E-state index < -0.39 is 29.2 Å². The van der Waals surface area contributed by atoms with E-state index in [1.54, 1.807) is 50.4 Å². The van der Waals surface area contributed by atoms with Gasteiger partial charge in [-0.05, 0) is 43.2 Å². The standard InChI is InChI=1S/C33H34N6O8/c1-4-46-28-15-22(31-30(32(41)45-3)20(2)35-33(42)36-31)11-14-27(28)47-19-29(40)37-34-16-23-18-38(26-8-6-5-7-25(23)26)17-21-9-12-24(13-10-21)39(43)44/h5-16,18,29,31,37,40H,4,17,19H2,1-3H3,(H2,35,36,42)/b34-16+/t29-,31-/m0/s1. The number of amides is 2. The smallest absolute Gasteiger partial charge is 0.337 e. The highest BCUT2D eigenvalue weighted by Gasteiger charge is 2.32. The Bertz CT molecular complexity index is 1850.